The summed E-state index contributed by atoms with van der Waals surface area (Å²) in [7, 11) is 0. The number of nitrogens with one attached hydrogen (secondary N) is 1. The molecule has 3 aliphatic rings. The fourth-order valence-electron chi connectivity index (χ4n) is 5.49. The summed E-state index contributed by atoms with van der Waals surface area (Å²) in [5.41, 5.74) is 0.928. The maximum absolute atomic E-state index is 13.7. The lowest BCUT2D eigenvalue weighted by Crippen LogP contribution is -2.57. The van der Waals surface area contributed by atoms with Gasteiger partial charge in [-0.15, -0.1) is 0 Å². The number of hydrogen-bond donors (Lipinski definition) is 2. The lowest BCUT2D eigenvalue weighted by Gasteiger charge is -2.34. The van der Waals surface area contributed by atoms with E-state index in [1.54, 1.807) is 39.0 Å². The van der Waals surface area contributed by atoms with Gasteiger partial charge in [-0.05, 0) is 53.4 Å². The van der Waals surface area contributed by atoms with Crippen LogP contribution >= 0.6 is 0 Å². The van der Waals surface area contributed by atoms with Crippen molar-refractivity contribution >= 4 is 30.0 Å². The van der Waals surface area contributed by atoms with Gasteiger partial charge in [0.15, 0.2) is 0 Å². The summed E-state index contributed by atoms with van der Waals surface area (Å²) in [5, 5.41) is 12.6. The highest BCUT2D eigenvalue weighted by atomic mass is 16.6. The van der Waals surface area contributed by atoms with Gasteiger partial charge >= 0.3 is 24.1 Å². The third kappa shape index (κ3) is 7.32. The molecule has 1 aromatic carbocycles. The molecule has 230 valence electrons. The van der Waals surface area contributed by atoms with E-state index < -0.39 is 53.6 Å². The highest BCUT2D eigenvalue weighted by Crippen LogP contribution is 2.30. The van der Waals surface area contributed by atoms with Crippen molar-refractivity contribution in [3.63, 3.8) is 0 Å². The second kappa shape index (κ2) is 12.2. The standard InChI is InChI=1S/C30H41N3O9/c1-29(2,3)23-24(34)33-16-21(13-22(33)25(35)36)42-28(39)32-14-19-9-8-18(12-20(19)15-32)26(37)40-11-7-6-10-30(4,5)17-41-27(38)31-23/h8-9,12,21-23H,6-7,10-11,13-17H2,1-5H3,(H,31,38)(H,35,36)/t21-,22?,23-/m1/s1. The molecular formula is C30H41N3O9. The molecule has 0 radical (unpaired) electrons. The zero-order valence-corrected chi connectivity index (χ0v) is 24.9. The number of carbonyl (C=O) groups excluding carboxylic acids is 4. The largest absolute Gasteiger partial charge is 0.480 e. The number of rotatable bonds is 1. The molecule has 0 saturated carbocycles. The minimum absolute atomic E-state index is 0.0842. The molecule has 0 aliphatic carbocycles. The summed E-state index contributed by atoms with van der Waals surface area (Å²) in [4.78, 5) is 67.0. The topological polar surface area (TPSA) is 152 Å². The van der Waals surface area contributed by atoms with Gasteiger partial charge in [0.05, 0.1) is 25.3 Å². The molecule has 42 heavy (non-hydrogen) atoms. The van der Waals surface area contributed by atoms with Gasteiger partial charge in [-0.25, -0.2) is 19.2 Å². The number of carboxylic acids is 1. The molecule has 12 nitrogen and oxygen atoms in total. The van der Waals surface area contributed by atoms with Crippen LogP contribution in [-0.4, -0.2) is 82.9 Å². The first-order valence-electron chi connectivity index (χ1n) is 14.4. The maximum atomic E-state index is 13.7. The summed E-state index contributed by atoms with van der Waals surface area (Å²) >= 11 is 0. The smallest absolute Gasteiger partial charge is 0.410 e. The Morgan fingerprint density at radius 3 is 2.45 bits per heavy atom. The zero-order chi connectivity index (χ0) is 30.8. The van der Waals surface area contributed by atoms with Crippen LogP contribution in [0.1, 0.15) is 81.8 Å². The molecule has 1 aromatic rings. The Hall–Kier alpha value is -3.83. The van der Waals surface area contributed by atoms with Crippen LogP contribution in [0.25, 0.3) is 0 Å². The molecule has 3 atom stereocenters. The number of ether oxygens (including phenoxy) is 3. The third-order valence-electron chi connectivity index (χ3n) is 7.97. The molecule has 2 N–H and O–H groups in total. The summed E-state index contributed by atoms with van der Waals surface area (Å²) in [6, 6.07) is 2.87. The second-order valence-electron chi connectivity index (χ2n) is 13.2. The first-order chi connectivity index (χ1) is 19.6. The van der Waals surface area contributed by atoms with E-state index in [4.69, 9.17) is 14.2 Å². The van der Waals surface area contributed by atoms with Gasteiger partial charge in [0.25, 0.3) is 0 Å². The molecule has 4 rings (SSSR count). The van der Waals surface area contributed by atoms with Crippen LogP contribution in [0.15, 0.2) is 18.2 Å². The molecule has 12 heteroatoms. The van der Waals surface area contributed by atoms with Gasteiger partial charge in [-0.1, -0.05) is 40.7 Å². The van der Waals surface area contributed by atoms with Gasteiger partial charge in [0.2, 0.25) is 5.91 Å². The predicted octanol–water partition coefficient (Wildman–Crippen LogP) is 3.70. The molecular weight excluding hydrogens is 546 g/mol. The molecule has 3 heterocycles. The van der Waals surface area contributed by atoms with Crippen molar-refractivity contribution in [3.05, 3.63) is 34.9 Å². The molecule has 3 aliphatic heterocycles. The molecule has 3 amide bonds. The van der Waals surface area contributed by atoms with E-state index in [0.29, 0.717) is 18.4 Å². The quantitative estimate of drug-likeness (QED) is 0.370. The van der Waals surface area contributed by atoms with Crippen molar-refractivity contribution in [1.82, 2.24) is 15.1 Å². The Balaban J connectivity index is 1.57. The van der Waals surface area contributed by atoms with Gasteiger partial charge in [-0.3, -0.25) is 9.69 Å². The summed E-state index contributed by atoms with van der Waals surface area (Å²) in [6.45, 7) is 9.90. The van der Waals surface area contributed by atoms with Crippen LogP contribution in [0.4, 0.5) is 9.59 Å². The van der Waals surface area contributed by atoms with Crippen molar-refractivity contribution in [3.8, 4) is 0 Å². The van der Waals surface area contributed by atoms with Crippen LogP contribution in [-0.2, 0) is 36.9 Å². The van der Waals surface area contributed by atoms with E-state index in [1.807, 2.05) is 13.8 Å². The number of esters is 1. The average molecular weight is 588 g/mol. The van der Waals surface area contributed by atoms with Crippen molar-refractivity contribution in [2.24, 2.45) is 10.8 Å². The van der Waals surface area contributed by atoms with Crippen molar-refractivity contribution < 1.29 is 43.3 Å². The first kappa shape index (κ1) is 31.1. The number of benzene rings is 1. The molecule has 1 unspecified atom stereocenters. The Morgan fingerprint density at radius 2 is 1.76 bits per heavy atom. The maximum Gasteiger partial charge on any atom is 0.410 e. The summed E-state index contributed by atoms with van der Waals surface area (Å²) in [5.74, 6) is -2.26. The first-order valence-corrected chi connectivity index (χ1v) is 14.4. The van der Waals surface area contributed by atoms with Crippen LogP contribution in [0.5, 0.6) is 0 Å². The SMILES string of the molecule is CC1(C)CCCCOC(=O)c2ccc3c(c2)CN(C3)C(=O)O[C@@H]2CC(C(=O)O)N(C2)C(=O)[C@H](C(C)(C)C)NC(=O)OC1. The zero-order valence-electron chi connectivity index (χ0n) is 24.9. The van der Waals surface area contributed by atoms with Crippen LogP contribution in [0.2, 0.25) is 0 Å². The molecule has 1 saturated heterocycles. The fraction of sp³-hybridized carbons (Fsp3) is 0.633. The van der Waals surface area contributed by atoms with E-state index in [1.165, 1.54) is 4.90 Å². The van der Waals surface area contributed by atoms with E-state index in [2.05, 4.69) is 5.32 Å². The van der Waals surface area contributed by atoms with Crippen molar-refractivity contribution in [2.75, 3.05) is 19.8 Å². The number of hydrogen-bond acceptors (Lipinski definition) is 8. The van der Waals surface area contributed by atoms with Crippen molar-refractivity contribution in [1.29, 1.82) is 0 Å². The molecule has 0 spiro atoms. The van der Waals surface area contributed by atoms with Crippen LogP contribution in [0.3, 0.4) is 0 Å². The number of cyclic esters (lactones) is 2. The van der Waals surface area contributed by atoms with Gasteiger partial charge in [-0.2, -0.15) is 0 Å². The average Bonchev–Trinajstić information content (AvgIpc) is 3.53. The molecule has 0 aromatic heterocycles. The number of nitrogens with zero attached hydrogens (tertiary/aromatic N) is 2. The minimum Gasteiger partial charge on any atom is -0.480 e. The van der Waals surface area contributed by atoms with E-state index in [9.17, 15) is 29.1 Å². The van der Waals surface area contributed by atoms with Crippen LogP contribution in [0, 0.1) is 10.8 Å². The van der Waals surface area contributed by atoms with E-state index in [0.717, 1.165) is 22.4 Å². The predicted molar refractivity (Wildman–Crippen MR) is 149 cm³/mol. The normalized spacial score (nSPS) is 25.9. The number of aliphatic carboxylic acids is 1. The lowest BCUT2D eigenvalue weighted by atomic mass is 9.85. The Kier molecular flexibility index (Phi) is 9.03. The molecule has 1 fully saturated rings. The second-order valence-corrected chi connectivity index (χ2v) is 13.2. The fourth-order valence-corrected chi connectivity index (χ4v) is 5.49. The van der Waals surface area contributed by atoms with Crippen LogP contribution < -0.4 is 5.32 Å². The number of carboxylic acid groups (broad SMARTS) is 1. The number of fused-ring (bicyclic) bond motifs is 4. The van der Waals surface area contributed by atoms with Gasteiger partial charge < -0.3 is 29.5 Å². The highest BCUT2D eigenvalue weighted by Gasteiger charge is 2.46. The summed E-state index contributed by atoms with van der Waals surface area (Å²) in [6.07, 6.45) is -0.291. The molecule has 5 bridgehead atoms. The van der Waals surface area contributed by atoms with E-state index >= 15 is 0 Å². The third-order valence-corrected chi connectivity index (χ3v) is 7.97. The minimum atomic E-state index is -1.23. The lowest BCUT2D eigenvalue weighted by molar-refractivity contribution is -0.150. The monoisotopic (exact) mass is 587 g/mol. The summed E-state index contributed by atoms with van der Waals surface area (Å²) < 4.78 is 16.6. The Morgan fingerprint density at radius 1 is 1.05 bits per heavy atom. The number of amides is 3. The Labute approximate surface area is 245 Å². The van der Waals surface area contributed by atoms with E-state index in [-0.39, 0.29) is 44.7 Å². The number of alkyl carbamates (subject to hydrolysis) is 1. The number of carbonyl (C=O) groups is 5. The Bertz CT molecular complexity index is 1240. The van der Waals surface area contributed by atoms with Gasteiger partial charge in [0.1, 0.15) is 18.2 Å². The van der Waals surface area contributed by atoms with Crippen molar-refractivity contribution in [2.45, 2.75) is 91.6 Å². The van der Waals surface area contributed by atoms with Gasteiger partial charge in [0, 0.05) is 19.5 Å². The highest BCUT2D eigenvalue weighted by molar-refractivity contribution is 5.91.